The number of likely N-dealkylation sites (N-methyl/N-ethyl adjacent to an activating group) is 2. The summed E-state index contributed by atoms with van der Waals surface area (Å²) in [5, 5.41) is 0. The summed E-state index contributed by atoms with van der Waals surface area (Å²) in [5.41, 5.74) is 6.48. The first-order valence-electron chi connectivity index (χ1n) is 19.2. The first-order chi connectivity index (χ1) is 27.6. The number of nitrogens with zero attached hydrogens (tertiary/aromatic N) is 2. The van der Waals surface area contributed by atoms with Gasteiger partial charge in [-0.2, -0.15) is 0 Å². The lowest BCUT2D eigenvalue weighted by Crippen LogP contribution is -2.34. The van der Waals surface area contributed by atoms with E-state index in [1.807, 2.05) is 31.3 Å². The van der Waals surface area contributed by atoms with Crippen LogP contribution in [0.1, 0.15) is 51.9 Å². The summed E-state index contributed by atoms with van der Waals surface area (Å²) >= 11 is 0. The Bertz CT molecular complexity index is 2390. The lowest BCUT2D eigenvalue weighted by Gasteiger charge is -2.37. The van der Waals surface area contributed by atoms with Gasteiger partial charge in [0.15, 0.2) is 34.5 Å². The van der Waals surface area contributed by atoms with Crippen LogP contribution in [0.25, 0.3) is 0 Å². The van der Waals surface area contributed by atoms with Crippen molar-refractivity contribution >= 4 is 15.7 Å². The van der Waals surface area contributed by atoms with Gasteiger partial charge in [-0.25, -0.2) is 8.42 Å². The zero-order valence-electron chi connectivity index (χ0n) is 33.3. The Morgan fingerprint density at radius 1 is 0.667 bits per heavy atom. The normalized spacial score (nSPS) is 18.1. The number of aryl methyl sites for hydroxylation is 1. The number of rotatable bonds is 7. The van der Waals surface area contributed by atoms with E-state index in [4.69, 9.17) is 28.4 Å². The van der Waals surface area contributed by atoms with Crippen LogP contribution in [0.4, 0.5) is 5.69 Å². The van der Waals surface area contributed by atoms with E-state index in [-0.39, 0.29) is 29.1 Å². The highest BCUT2D eigenvalue weighted by molar-refractivity contribution is 7.92. The highest BCUT2D eigenvalue weighted by atomic mass is 32.2. The molecule has 57 heavy (non-hydrogen) atoms. The van der Waals surface area contributed by atoms with Crippen molar-refractivity contribution < 1.29 is 36.8 Å². The summed E-state index contributed by atoms with van der Waals surface area (Å²) in [6, 6.07) is 26.3. The van der Waals surface area contributed by atoms with Crippen LogP contribution in [0.2, 0.25) is 0 Å². The van der Waals surface area contributed by atoms with E-state index in [2.05, 4.69) is 45.8 Å². The Hall–Kier alpha value is -5.43. The van der Waals surface area contributed by atoms with Crippen LogP contribution in [0.3, 0.4) is 0 Å². The molecular formula is C45H49N3O8S. The molecule has 6 bridgehead atoms. The lowest BCUT2D eigenvalue weighted by molar-refractivity contribution is 0.216. The maximum Gasteiger partial charge on any atom is 0.262 e. The molecule has 0 radical (unpaired) electrons. The van der Waals surface area contributed by atoms with E-state index in [0.29, 0.717) is 64.5 Å². The Morgan fingerprint density at radius 2 is 1.32 bits per heavy atom. The lowest BCUT2D eigenvalue weighted by atomic mass is 9.87. The van der Waals surface area contributed by atoms with E-state index in [0.717, 1.165) is 36.9 Å². The van der Waals surface area contributed by atoms with Crippen molar-refractivity contribution in [2.75, 3.05) is 60.3 Å². The first kappa shape index (κ1) is 38.4. The molecule has 4 aliphatic heterocycles. The summed E-state index contributed by atoms with van der Waals surface area (Å²) in [6.45, 7) is 1.64. The average molecular weight is 792 g/mol. The summed E-state index contributed by atoms with van der Waals surface area (Å²) in [5.74, 6) is 3.97. The maximum atomic E-state index is 14.4. The van der Waals surface area contributed by atoms with Crippen molar-refractivity contribution in [3.63, 3.8) is 0 Å². The predicted octanol–water partition coefficient (Wildman–Crippen LogP) is 8.35. The Kier molecular flexibility index (Phi) is 10.7. The Labute approximate surface area is 335 Å². The number of ether oxygens (including phenoxy) is 6. The molecular weight excluding hydrogens is 743 g/mol. The van der Waals surface area contributed by atoms with E-state index in [1.165, 1.54) is 23.8 Å². The van der Waals surface area contributed by atoms with E-state index >= 15 is 0 Å². The molecule has 1 N–H and O–H groups in total. The molecule has 0 saturated heterocycles. The molecule has 298 valence electrons. The summed E-state index contributed by atoms with van der Waals surface area (Å²) in [4.78, 5) is 4.71. The molecule has 2 atom stereocenters. The molecule has 9 rings (SSSR count). The van der Waals surface area contributed by atoms with Gasteiger partial charge in [0.1, 0.15) is 5.75 Å². The second kappa shape index (κ2) is 15.8. The van der Waals surface area contributed by atoms with Gasteiger partial charge in [-0.15, -0.1) is 0 Å². The zero-order valence-corrected chi connectivity index (χ0v) is 34.1. The van der Waals surface area contributed by atoms with Crippen molar-refractivity contribution in [2.45, 2.75) is 49.1 Å². The van der Waals surface area contributed by atoms with E-state index < -0.39 is 10.0 Å². The van der Waals surface area contributed by atoms with Gasteiger partial charge in [-0.3, -0.25) is 14.5 Å². The minimum Gasteiger partial charge on any atom is -0.493 e. The fourth-order valence-corrected chi connectivity index (χ4v) is 9.81. The smallest absolute Gasteiger partial charge is 0.262 e. The predicted molar refractivity (Wildman–Crippen MR) is 220 cm³/mol. The van der Waals surface area contributed by atoms with Crippen LogP contribution in [-0.4, -0.2) is 73.8 Å². The topological polar surface area (TPSA) is 108 Å². The van der Waals surface area contributed by atoms with Gasteiger partial charge in [-0.1, -0.05) is 30.3 Å². The number of fused-ring (bicyclic) bond motifs is 3. The van der Waals surface area contributed by atoms with Gasteiger partial charge in [0, 0.05) is 42.5 Å². The third kappa shape index (κ3) is 7.45. The Balaban J connectivity index is 1.36. The van der Waals surface area contributed by atoms with Crippen molar-refractivity contribution in [2.24, 2.45) is 0 Å². The summed E-state index contributed by atoms with van der Waals surface area (Å²) < 4.78 is 69.0. The number of anilines is 1. The standard InChI is InChI=1S/C45H49N3O8S/c1-47-20-18-29-23-37(51-3)40-26-34(29)35(47)17-14-28-12-15-33(16-13-28)55-39-25-31(42(27-38(39)52-4)57(49,50)46-32-10-8-7-9-11-32)22-36-43-30(19-21-48(36)2)24-41(53-5)44(54-6)45(43)56-40/h7-13,15-16,23-27,35-36,46H,14,17-22H2,1-6H3/t35-,36+/m0/s1. The van der Waals surface area contributed by atoms with Crippen molar-refractivity contribution in [1.82, 2.24) is 9.80 Å². The number of benzene rings is 5. The monoisotopic (exact) mass is 791 g/mol. The highest BCUT2D eigenvalue weighted by Gasteiger charge is 2.36. The van der Waals surface area contributed by atoms with Crippen LogP contribution in [0.15, 0.2) is 89.8 Å². The molecule has 4 heterocycles. The number of sulfonamides is 1. The van der Waals surface area contributed by atoms with Crippen molar-refractivity contribution in [1.29, 1.82) is 0 Å². The molecule has 0 aliphatic carbocycles. The number of nitrogens with one attached hydrogen (secondary N) is 1. The van der Waals surface area contributed by atoms with Crippen LogP contribution in [0.5, 0.6) is 46.0 Å². The maximum absolute atomic E-state index is 14.4. The molecule has 0 unspecified atom stereocenters. The second-order valence-electron chi connectivity index (χ2n) is 14.9. The minimum absolute atomic E-state index is 0.0757. The van der Waals surface area contributed by atoms with Crippen molar-refractivity contribution in [3.05, 3.63) is 118 Å². The zero-order chi connectivity index (χ0) is 39.8. The van der Waals surface area contributed by atoms with Crippen LogP contribution in [-0.2, 0) is 35.7 Å². The van der Waals surface area contributed by atoms with Gasteiger partial charge in [-0.05, 0) is 123 Å². The molecule has 12 heteroatoms. The fraction of sp³-hybridized carbons (Fsp3) is 0.333. The molecule has 4 aliphatic rings. The molecule has 11 nitrogen and oxygen atoms in total. The third-order valence-electron chi connectivity index (χ3n) is 11.5. The highest BCUT2D eigenvalue weighted by Crippen LogP contribution is 2.52. The van der Waals surface area contributed by atoms with E-state index in [9.17, 15) is 8.42 Å². The van der Waals surface area contributed by atoms with Gasteiger partial charge in [0.25, 0.3) is 10.0 Å². The van der Waals surface area contributed by atoms with E-state index in [1.54, 1.807) is 57.7 Å². The minimum atomic E-state index is -4.12. The van der Waals surface area contributed by atoms with Crippen LogP contribution >= 0.6 is 0 Å². The summed E-state index contributed by atoms with van der Waals surface area (Å²) in [7, 11) is 6.50. The second-order valence-corrected chi connectivity index (χ2v) is 16.5. The summed E-state index contributed by atoms with van der Waals surface area (Å²) in [6.07, 6.45) is 3.61. The van der Waals surface area contributed by atoms with Crippen LogP contribution in [0, 0.1) is 0 Å². The molecule has 0 saturated carbocycles. The van der Waals surface area contributed by atoms with Gasteiger partial charge >= 0.3 is 0 Å². The van der Waals surface area contributed by atoms with Gasteiger partial charge < -0.3 is 28.4 Å². The third-order valence-corrected chi connectivity index (χ3v) is 13.0. The molecule has 0 fully saturated rings. The fourth-order valence-electron chi connectivity index (χ4n) is 8.50. The quantitative estimate of drug-likeness (QED) is 0.173. The largest absolute Gasteiger partial charge is 0.493 e. The number of methoxy groups -OCH3 is 4. The average Bonchev–Trinajstić information content (AvgIpc) is 3.21. The number of para-hydroxylation sites is 1. The van der Waals surface area contributed by atoms with Crippen molar-refractivity contribution in [3.8, 4) is 46.0 Å². The molecule has 5 aromatic carbocycles. The number of hydrogen-bond acceptors (Lipinski definition) is 10. The van der Waals surface area contributed by atoms with Crippen LogP contribution < -0.4 is 33.1 Å². The number of hydrogen-bond donors (Lipinski definition) is 1. The SMILES string of the molecule is COc1cc(S(=O)(=O)Nc2ccccc2)c2cc1Oc1ccc(cc1)CC[C@H]1c3cc(c(OC)cc3CCN1C)Oc1c(OC)c(OC)cc3c1[C@@H](C2)N(C)CC3. The Morgan fingerprint density at radius 3 is 2.02 bits per heavy atom. The molecule has 0 aromatic heterocycles. The van der Waals surface area contributed by atoms with Gasteiger partial charge in [0.2, 0.25) is 5.75 Å². The molecule has 0 spiro atoms. The first-order valence-corrected chi connectivity index (χ1v) is 20.7. The molecule has 5 aromatic rings. The van der Waals surface area contributed by atoms with Gasteiger partial charge in [0.05, 0.1) is 33.3 Å². The molecule has 0 amide bonds.